The standard InChI is InChI=1S/C25H22N2O3/c1-17(19-10-4-3-5-11-19)26(2)23(28)20-12-8-9-18(15-20)16-27-24(29)21-13-6-7-14-22(21)25(27)30/h3-15,17H,16H2,1-2H3. The lowest BCUT2D eigenvalue weighted by molar-refractivity contribution is 0.0642. The lowest BCUT2D eigenvalue weighted by Crippen LogP contribution is -2.30. The zero-order chi connectivity index (χ0) is 21.3. The molecule has 0 aliphatic carbocycles. The second-order valence-electron chi connectivity index (χ2n) is 7.45. The Labute approximate surface area is 175 Å². The zero-order valence-corrected chi connectivity index (χ0v) is 16.9. The number of carbonyl (C=O) groups is 3. The summed E-state index contributed by atoms with van der Waals surface area (Å²) in [5, 5.41) is 0. The number of amides is 3. The highest BCUT2D eigenvalue weighted by Gasteiger charge is 2.35. The van der Waals surface area contributed by atoms with Crippen LogP contribution in [0.1, 0.15) is 55.2 Å². The fraction of sp³-hybridized carbons (Fsp3) is 0.160. The third-order valence-corrected chi connectivity index (χ3v) is 5.58. The first-order chi connectivity index (χ1) is 14.5. The number of benzene rings is 3. The lowest BCUT2D eigenvalue weighted by atomic mass is 10.1. The monoisotopic (exact) mass is 398 g/mol. The Hall–Kier alpha value is -3.73. The fourth-order valence-electron chi connectivity index (χ4n) is 3.70. The number of carbonyl (C=O) groups excluding carboxylic acids is 3. The molecule has 30 heavy (non-hydrogen) atoms. The van der Waals surface area contributed by atoms with Crippen LogP contribution in [-0.4, -0.2) is 34.6 Å². The average Bonchev–Trinajstić information content (AvgIpc) is 3.03. The minimum Gasteiger partial charge on any atom is -0.335 e. The van der Waals surface area contributed by atoms with E-state index in [4.69, 9.17) is 0 Å². The molecule has 0 bridgehead atoms. The smallest absolute Gasteiger partial charge is 0.261 e. The Morgan fingerprint density at radius 3 is 2.10 bits per heavy atom. The van der Waals surface area contributed by atoms with E-state index < -0.39 is 0 Å². The van der Waals surface area contributed by atoms with Crippen LogP contribution in [-0.2, 0) is 6.54 Å². The van der Waals surface area contributed by atoms with Crippen molar-refractivity contribution in [3.05, 3.63) is 107 Å². The van der Waals surface area contributed by atoms with E-state index in [1.165, 1.54) is 4.90 Å². The highest BCUT2D eigenvalue weighted by Crippen LogP contribution is 2.25. The van der Waals surface area contributed by atoms with Crippen LogP contribution in [0.25, 0.3) is 0 Å². The molecule has 0 aromatic heterocycles. The molecule has 1 heterocycles. The Bertz CT molecular complexity index is 1090. The number of hydrogen-bond donors (Lipinski definition) is 0. The Kier molecular flexibility index (Phi) is 5.19. The minimum atomic E-state index is -0.304. The molecule has 5 heteroatoms. The van der Waals surface area contributed by atoms with Gasteiger partial charge in [0.1, 0.15) is 0 Å². The molecular formula is C25H22N2O3. The van der Waals surface area contributed by atoms with Crippen molar-refractivity contribution in [3.63, 3.8) is 0 Å². The van der Waals surface area contributed by atoms with E-state index in [9.17, 15) is 14.4 Å². The van der Waals surface area contributed by atoms with E-state index in [1.807, 2.05) is 43.3 Å². The molecule has 0 saturated carbocycles. The molecule has 5 nitrogen and oxygen atoms in total. The molecule has 3 amide bonds. The van der Waals surface area contributed by atoms with Crippen LogP contribution in [0, 0.1) is 0 Å². The van der Waals surface area contributed by atoms with Crippen molar-refractivity contribution in [2.24, 2.45) is 0 Å². The summed E-state index contributed by atoms with van der Waals surface area (Å²) < 4.78 is 0. The molecule has 0 saturated heterocycles. The van der Waals surface area contributed by atoms with Crippen molar-refractivity contribution in [1.29, 1.82) is 0 Å². The van der Waals surface area contributed by atoms with Crippen LogP contribution in [0.2, 0.25) is 0 Å². The van der Waals surface area contributed by atoms with Crippen molar-refractivity contribution in [1.82, 2.24) is 9.80 Å². The van der Waals surface area contributed by atoms with E-state index in [1.54, 1.807) is 54.4 Å². The topological polar surface area (TPSA) is 57.7 Å². The van der Waals surface area contributed by atoms with Gasteiger partial charge in [0.2, 0.25) is 0 Å². The van der Waals surface area contributed by atoms with Gasteiger partial charge in [0.15, 0.2) is 0 Å². The summed E-state index contributed by atoms with van der Waals surface area (Å²) in [7, 11) is 1.77. The third-order valence-electron chi connectivity index (χ3n) is 5.58. The van der Waals surface area contributed by atoms with Gasteiger partial charge in [-0.25, -0.2) is 0 Å². The molecule has 150 valence electrons. The Morgan fingerprint density at radius 2 is 1.47 bits per heavy atom. The summed E-state index contributed by atoms with van der Waals surface area (Å²) >= 11 is 0. The van der Waals surface area contributed by atoms with Crippen LogP contribution in [0.15, 0.2) is 78.9 Å². The maximum atomic E-state index is 13.0. The maximum Gasteiger partial charge on any atom is 0.261 e. The summed E-state index contributed by atoms with van der Waals surface area (Å²) in [6.45, 7) is 2.11. The lowest BCUT2D eigenvalue weighted by Gasteiger charge is -2.25. The summed E-state index contributed by atoms with van der Waals surface area (Å²) in [4.78, 5) is 41.2. The van der Waals surface area contributed by atoms with Crippen molar-refractivity contribution in [2.45, 2.75) is 19.5 Å². The maximum absolute atomic E-state index is 13.0. The van der Waals surface area contributed by atoms with Gasteiger partial charge >= 0.3 is 0 Å². The van der Waals surface area contributed by atoms with Crippen LogP contribution >= 0.6 is 0 Å². The Balaban J connectivity index is 1.53. The first-order valence-electron chi connectivity index (χ1n) is 9.83. The second kappa shape index (κ2) is 7.95. The molecule has 4 rings (SSSR count). The minimum absolute atomic E-state index is 0.0846. The SMILES string of the molecule is CC(c1ccccc1)N(C)C(=O)c1cccc(CN2C(=O)c3ccccc3C2=O)c1. The molecule has 0 spiro atoms. The van der Waals surface area contributed by atoms with E-state index in [0.29, 0.717) is 16.7 Å². The van der Waals surface area contributed by atoms with Crippen LogP contribution in [0.5, 0.6) is 0 Å². The van der Waals surface area contributed by atoms with Gasteiger partial charge in [-0.15, -0.1) is 0 Å². The number of imide groups is 1. The third kappa shape index (κ3) is 3.50. The molecule has 3 aromatic rings. The van der Waals surface area contributed by atoms with E-state index >= 15 is 0 Å². The van der Waals surface area contributed by atoms with Gasteiger partial charge in [-0.3, -0.25) is 19.3 Å². The summed E-state index contributed by atoms with van der Waals surface area (Å²) in [6.07, 6.45) is 0. The number of fused-ring (bicyclic) bond motifs is 1. The first-order valence-corrected chi connectivity index (χ1v) is 9.83. The van der Waals surface area contributed by atoms with Gasteiger partial charge in [0, 0.05) is 12.6 Å². The van der Waals surface area contributed by atoms with E-state index in [-0.39, 0.29) is 30.3 Å². The summed E-state index contributed by atoms with van der Waals surface area (Å²) in [5.41, 5.74) is 3.15. The quantitative estimate of drug-likeness (QED) is 0.602. The predicted molar refractivity (Wildman–Crippen MR) is 114 cm³/mol. The highest BCUT2D eigenvalue weighted by molar-refractivity contribution is 6.21. The van der Waals surface area contributed by atoms with Crippen molar-refractivity contribution in [3.8, 4) is 0 Å². The van der Waals surface area contributed by atoms with Gasteiger partial charge in [-0.1, -0.05) is 54.6 Å². The first kappa shape index (κ1) is 19.6. The van der Waals surface area contributed by atoms with Gasteiger partial charge in [-0.2, -0.15) is 0 Å². The molecule has 0 N–H and O–H groups in total. The number of nitrogens with zero attached hydrogens (tertiary/aromatic N) is 2. The second-order valence-corrected chi connectivity index (χ2v) is 7.45. The predicted octanol–water partition coefficient (Wildman–Crippen LogP) is 4.32. The average molecular weight is 398 g/mol. The summed E-state index contributed by atoms with van der Waals surface area (Å²) in [6, 6.07) is 23.7. The van der Waals surface area contributed by atoms with E-state index in [2.05, 4.69) is 0 Å². The van der Waals surface area contributed by atoms with Crippen molar-refractivity contribution >= 4 is 17.7 Å². The van der Waals surface area contributed by atoms with Gasteiger partial charge in [-0.05, 0) is 42.3 Å². The molecule has 1 aliphatic heterocycles. The normalized spacial score (nSPS) is 13.9. The number of rotatable bonds is 5. The van der Waals surface area contributed by atoms with Gasteiger partial charge < -0.3 is 4.90 Å². The fourth-order valence-corrected chi connectivity index (χ4v) is 3.70. The van der Waals surface area contributed by atoms with Crippen molar-refractivity contribution in [2.75, 3.05) is 7.05 Å². The van der Waals surface area contributed by atoms with Crippen LogP contribution in [0.4, 0.5) is 0 Å². The molecule has 0 fully saturated rings. The van der Waals surface area contributed by atoms with Crippen molar-refractivity contribution < 1.29 is 14.4 Å². The molecule has 1 unspecified atom stereocenters. The summed E-state index contributed by atoms with van der Waals surface area (Å²) in [5.74, 6) is -0.722. The Morgan fingerprint density at radius 1 is 0.867 bits per heavy atom. The van der Waals surface area contributed by atoms with Crippen LogP contribution < -0.4 is 0 Å². The molecule has 1 aliphatic rings. The van der Waals surface area contributed by atoms with E-state index in [0.717, 1.165) is 11.1 Å². The molecular weight excluding hydrogens is 376 g/mol. The molecule has 0 radical (unpaired) electrons. The zero-order valence-electron chi connectivity index (χ0n) is 16.9. The largest absolute Gasteiger partial charge is 0.335 e. The molecule has 3 aromatic carbocycles. The van der Waals surface area contributed by atoms with Crippen LogP contribution in [0.3, 0.4) is 0 Å². The van der Waals surface area contributed by atoms with Gasteiger partial charge in [0.05, 0.1) is 23.7 Å². The van der Waals surface area contributed by atoms with Gasteiger partial charge in [0.25, 0.3) is 17.7 Å². The molecule has 1 atom stereocenters. The number of hydrogen-bond acceptors (Lipinski definition) is 3. The highest BCUT2D eigenvalue weighted by atomic mass is 16.2.